The van der Waals surface area contributed by atoms with Crippen molar-refractivity contribution in [1.29, 1.82) is 0 Å². The SMILES string of the molecule is Cc1ccc(-c2cc3c(-c4ccc(C(C)(C)C)cc4)c(C)c(C)cc3[cH-]2)o1.Cc1ccc(-c2cc3c(-c4ccc(C(C)(C)C)cc4)c(C)c(C)cc3[cH-]2)o1.ClC1(Cl)C[Si]C1.[Zr+2]. The number of aryl methyl sites for hydroxylation is 4. The van der Waals surface area contributed by atoms with Crippen LogP contribution < -0.4 is 0 Å². The van der Waals surface area contributed by atoms with Gasteiger partial charge in [0.05, 0.1) is 23.0 Å². The quantitative estimate of drug-likeness (QED) is 0.0998. The van der Waals surface area contributed by atoms with E-state index in [-0.39, 0.29) is 41.4 Å². The second kappa shape index (κ2) is 18.2. The Morgan fingerprint density at radius 3 is 1.13 bits per heavy atom. The van der Waals surface area contributed by atoms with Crippen LogP contribution in [0.5, 0.6) is 0 Å². The third-order valence-electron chi connectivity index (χ3n) is 12.0. The maximum Gasteiger partial charge on any atom is 2.00 e. The van der Waals surface area contributed by atoms with E-state index in [1.165, 1.54) is 77.2 Å². The zero-order valence-electron chi connectivity index (χ0n) is 37.9. The molecule has 1 aliphatic rings. The van der Waals surface area contributed by atoms with Crippen molar-refractivity contribution in [2.75, 3.05) is 0 Å². The number of alkyl halides is 2. The van der Waals surface area contributed by atoms with Gasteiger partial charge in [0.2, 0.25) is 0 Å². The zero-order valence-corrected chi connectivity index (χ0v) is 42.8. The molecule has 0 atom stereocenters. The van der Waals surface area contributed by atoms with E-state index in [1.807, 2.05) is 26.0 Å². The second-order valence-electron chi connectivity index (χ2n) is 18.8. The van der Waals surface area contributed by atoms with E-state index >= 15 is 0 Å². The van der Waals surface area contributed by atoms with Crippen molar-refractivity contribution < 1.29 is 35.0 Å². The van der Waals surface area contributed by atoms with Crippen LogP contribution in [0.1, 0.15) is 86.4 Å². The summed E-state index contributed by atoms with van der Waals surface area (Å²) in [5.74, 6) is 3.77. The van der Waals surface area contributed by atoms with Crippen LogP contribution >= 0.6 is 23.2 Å². The van der Waals surface area contributed by atoms with Gasteiger partial charge in [-0.3, -0.25) is 0 Å². The van der Waals surface area contributed by atoms with E-state index in [4.69, 9.17) is 32.0 Å². The number of benzene rings is 4. The third kappa shape index (κ3) is 10.4. The van der Waals surface area contributed by atoms with Crippen LogP contribution in [0.25, 0.3) is 66.4 Å². The standard InChI is InChI=1S/2C26H27O.C3H4Cl2Si.Zr/c2*1-16-13-20-14-21(24-12-7-17(2)27-24)15-23(20)25(18(16)3)19-8-10-22(11-9-19)26(4,5)6;4-3(5)1-6-2-3;/h2*7-15H,1-6H3;1-2H2;/q2*-1;;+2. The van der Waals surface area contributed by atoms with Gasteiger partial charge in [-0.15, -0.1) is 81.1 Å². The molecular weight excluding hydrogens is 883 g/mol. The topological polar surface area (TPSA) is 26.3 Å². The van der Waals surface area contributed by atoms with Crippen LogP contribution in [0.4, 0.5) is 0 Å². The number of halogens is 2. The molecule has 2 aromatic heterocycles. The molecule has 6 heteroatoms. The van der Waals surface area contributed by atoms with Gasteiger partial charge in [-0.25, -0.2) is 0 Å². The van der Waals surface area contributed by atoms with Gasteiger partial charge in [0.15, 0.2) is 0 Å². The summed E-state index contributed by atoms with van der Waals surface area (Å²) in [6, 6.07) is 41.9. The first kappa shape index (κ1) is 46.8. The van der Waals surface area contributed by atoms with Gasteiger partial charge >= 0.3 is 26.2 Å². The maximum atomic E-state index is 5.86. The summed E-state index contributed by atoms with van der Waals surface area (Å²) in [5.41, 5.74) is 15.9. The van der Waals surface area contributed by atoms with Crippen LogP contribution in [-0.4, -0.2) is 13.9 Å². The van der Waals surface area contributed by atoms with E-state index in [0.29, 0.717) is 0 Å². The molecule has 0 spiro atoms. The molecule has 2 radical (unpaired) electrons. The van der Waals surface area contributed by atoms with E-state index in [1.54, 1.807) is 0 Å². The number of furan rings is 2. The van der Waals surface area contributed by atoms with Crippen molar-refractivity contribution >= 4 is 54.3 Å². The molecule has 8 aromatic rings. The monoisotopic (exact) mass is 938 g/mol. The molecule has 0 saturated carbocycles. The van der Waals surface area contributed by atoms with E-state index in [9.17, 15) is 0 Å². The van der Waals surface area contributed by atoms with Gasteiger partial charge < -0.3 is 8.83 Å². The number of fused-ring (bicyclic) bond motifs is 2. The van der Waals surface area contributed by atoms with Crippen molar-refractivity contribution in [2.24, 2.45) is 0 Å². The summed E-state index contributed by atoms with van der Waals surface area (Å²) in [6.07, 6.45) is 0. The molecule has 2 nitrogen and oxygen atoms in total. The van der Waals surface area contributed by atoms with Crippen LogP contribution in [-0.2, 0) is 37.0 Å². The zero-order chi connectivity index (χ0) is 43.3. The van der Waals surface area contributed by atoms with Crippen LogP contribution in [0.2, 0.25) is 12.1 Å². The van der Waals surface area contributed by atoms with Crippen LogP contribution in [0, 0.1) is 41.5 Å². The minimum Gasteiger partial charge on any atom is -0.496 e. The third-order valence-corrected chi connectivity index (χ3v) is 15.1. The molecule has 312 valence electrons. The average molecular weight is 941 g/mol. The Morgan fingerprint density at radius 2 is 0.869 bits per heavy atom. The fourth-order valence-electron chi connectivity index (χ4n) is 8.00. The number of hydrogen-bond acceptors (Lipinski definition) is 2. The van der Waals surface area contributed by atoms with Gasteiger partial charge in [-0.1, -0.05) is 123 Å². The van der Waals surface area contributed by atoms with Crippen molar-refractivity contribution in [3.63, 3.8) is 0 Å². The molecule has 9 rings (SSSR count). The summed E-state index contributed by atoms with van der Waals surface area (Å²) < 4.78 is 11.4. The summed E-state index contributed by atoms with van der Waals surface area (Å²) >= 11 is 11.2. The average Bonchev–Trinajstić information content (AvgIpc) is 3.99. The molecule has 61 heavy (non-hydrogen) atoms. The van der Waals surface area contributed by atoms with Crippen molar-refractivity contribution in [3.05, 3.63) is 154 Å². The van der Waals surface area contributed by atoms with E-state index < -0.39 is 0 Å². The Labute approximate surface area is 395 Å². The summed E-state index contributed by atoms with van der Waals surface area (Å²) in [4.78, 5) is 0. The van der Waals surface area contributed by atoms with Crippen molar-refractivity contribution in [1.82, 2.24) is 0 Å². The Balaban J connectivity index is 0.000000177. The van der Waals surface area contributed by atoms with Gasteiger partial charge in [-0.2, -0.15) is 0 Å². The fraction of sp³-hybridized carbons (Fsp3) is 0.309. The number of rotatable bonds is 4. The van der Waals surface area contributed by atoms with Gasteiger partial charge in [0.1, 0.15) is 4.33 Å². The second-order valence-corrected chi connectivity index (χ2v) is 21.7. The van der Waals surface area contributed by atoms with Gasteiger partial charge in [0.25, 0.3) is 0 Å². The fourth-order valence-corrected chi connectivity index (χ4v) is 9.76. The molecule has 1 saturated heterocycles. The number of hydrogen-bond donors (Lipinski definition) is 0. The predicted octanol–water partition coefficient (Wildman–Crippen LogP) is 17.1. The van der Waals surface area contributed by atoms with Gasteiger partial charge in [-0.05, 0) is 122 Å². The normalized spacial score (nSPS) is 13.5. The molecule has 0 unspecified atom stereocenters. The molecule has 1 aliphatic heterocycles. The molecule has 0 amide bonds. The molecule has 0 N–H and O–H groups in total. The molecule has 0 aliphatic carbocycles. The predicted molar refractivity (Wildman–Crippen MR) is 261 cm³/mol. The largest absolute Gasteiger partial charge is 2.00 e. The van der Waals surface area contributed by atoms with E-state index in [0.717, 1.165) is 55.8 Å². The Kier molecular flexibility index (Phi) is 14.0. The first-order chi connectivity index (χ1) is 28.2. The minimum absolute atomic E-state index is 0. The molecule has 0 bridgehead atoms. The summed E-state index contributed by atoms with van der Waals surface area (Å²) in [7, 11) is 1.01. The summed E-state index contributed by atoms with van der Waals surface area (Å²) in [5, 5.41) is 5.14. The molecule has 1 fully saturated rings. The molecule has 6 aromatic carbocycles. The van der Waals surface area contributed by atoms with E-state index in [2.05, 4.69) is 166 Å². The van der Waals surface area contributed by atoms with Crippen molar-refractivity contribution in [2.45, 2.75) is 110 Å². The molecular formula is C55H58Cl2O2SiZr. The summed E-state index contributed by atoms with van der Waals surface area (Å²) in [6.45, 7) is 26.4. The first-order valence-electron chi connectivity index (χ1n) is 21.0. The Hall–Kier alpha value is -3.66. The Morgan fingerprint density at radius 1 is 0.525 bits per heavy atom. The Bertz CT molecular complexity index is 2590. The maximum absolute atomic E-state index is 5.86. The first-order valence-corrected chi connectivity index (χ1v) is 23.2. The van der Waals surface area contributed by atoms with Crippen LogP contribution in [0.15, 0.2) is 118 Å². The smallest absolute Gasteiger partial charge is 0.496 e. The van der Waals surface area contributed by atoms with Crippen LogP contribution in [0.3, 0.4) is 0 Å². The van der Waals surface area contributed by atoms with Gasteiger partial charge in [0, 0.05) is 9.52 Å². The minimum atomic E-state index is -0.321. The molecule has 3 heterocycles. The van der Waals surface area contributed by atoms with Crippen molar-refractivity contribution in [3.8, 4) is 44.9 Å².